The first kappa shape index (κ1) is 16.7. The molecular weight excluding hydrogens is 346 g/mol. The normalized spacial score (nSPS) is 10.6. The van der Waals surface area contributed by atoms with Gasteiger partial charge in [0.1, 0.15) is 5.56 Å². The van der Waals surface area contributed by atoms with Gasteiger partial charge in [0.05, 0.1) is 15.5 Å². The summed E-state index contributed by atoms with van der Waals surface area (Å²) in [5, 5.41) is 14.1. The van der Waals surface area contributed by atoms with Gasteiger partial charge in [-0.25, -0.2) is 0 Å². The molecule has 0 radical (unpaired) electrons. The second kappa shape index (κ2) is 6.37. The standard InChI is InChI=1S/C17H12ClN3O4/c1-9-7-10(21(24)25)5-6-14(9)20-17(23)12-8-19-15-11(16(12)22)3-2-4-13(15)18/h2-8H,1H3,(H,19,22)(H,20,23). The number of hydrogen-bond acceptors (Lipinski definition) is 4. The van der Waals surface area contributed by atoms with Crippen molar-refractivity contribution in [1.29, 1.82) is 0 Å². The first-order chi connectivity index (χ1) is 11.9. The molecule has 25 heavy (non-hydrogen) atoms. The van der Waals surface area contributed by atoms with Gasteiger partial charge in [0.2, 0.25) is 5.43 Å². The molecule has 0 spiro atoms. The van der Waals surface area contributed by atoms with Crippen LogP contribution in [0, 0.1) is 17.0 Å². The van der Waals surface area contributed by atoms with Gasteiger partial charge in [0.25, 0.3) is 11.6 Å². The van der Waals surface area contributed by atoms with Crippen LogP contribution < -0.4 is 10.7 Å². The second-order valence-corrected chi connectivity index (χ2v) is 5.81. The van der Waals surface area contributed by atoms with E-state index in [1.165, 1.54) is 24.4 Å². The Hall–Kier alpha value is -3.19. The molecule has 0 aliphatic carbocycles. The molecule has 1 heterocycles. The molecule has 2 N–H and O–H groups in total. The summed E-state index contributed by atoms with van der Waals surface area (Å²) in [6, 6.07) is 8.90. The number of hydrogen-bond donors (Lipinski definition) is 2. The number of carbonyl (C=O) groups is 1. The van der Waals surface area contributed by atoms with Gasteiger partial charge in [-0.05, 0) is 30.7 Å². The van der Waals surface area contributed by atoms with Gasteiger partial charge >= 0.3 is 0 Å². The maximum atomic E-state index is 12.5. The second-order valence-electron chi connectivity index (χ2n) is 5.40. The molecule has 0 aliphatic heterocycles. The van der Waals surface area contributed by atoms with Crippen LogP contribution in [0.15, 0.2) is 47.4 Å². The first-order valence-corrected chi connectivity index (χ1v) is 7.62. The zero-order chi connectivity index (χ0) is 18.1. The molecular formula is C17H12ClN3O4. The Bertz CT molecular complexity index is 1080. The van der Waals surface area contributed by atoms with E-state index in [0.717, 1.165) is 0 Å². The number of aryl methyl sites for hydroxylation is 1. The number of aromatic nitrogens is 1. The fourth-order valence-electron chi connectivity index (χ4n) is 2.47. The van der Waals surface area contributed by atoms with E-state index < -0.39 is 16.3 Å². The SMILES string of the molecule is Cc1cc([N+](=O)[O-])ccc1NC(=O)c1c[nH]c2c(Cl)cccc2c1=O. The molecule has 126 valence electrons. The molecule has 3 rings (SSSR count). The van der Waals surface area contributed by atoms with Gasteiger partial charge in [-0.15, -0.1) is 0 Å². The molecule has 0 aliphatic rings. The minimum Gasteiger partial charge on any atom is -0.359 e. The van der Waals surface area contributed by atoms with Gasteiger partial charge in [-0.3, -0.25) is 19.7 Å². The number of para-hydroxylation sites is 1. The Morgan fingerprint density at radius 3 is 2.72 bits per heavy atom. The van der Waals surface area contributed by atoms with E-state index in [4.69, 9.17) is 11.6 Å². The third kappa shape index (κ3) is 3.09. The monoisotopic (exact) mass is 357 g/mol. The predicted molar refractivity (Wildman–Crippen MR) is 95.4 cm³/mol. The van der Waals surface area contributed by atoms with Crippen LogP contribution in [0.5, 0.6) is 0 Å². The molecule has 0 saturated heterocycles. The fraction of sp³-hybridized carbons (Fsp3) is 0.0588. The molecule has 0 unspecified atom stereocenters. The van der Waals surface area contributed by atoms with Crippen molar-refractivity contribution in [1.82, 2.24) is 4.98 Å². The van der Waals surface area contributed by atoms with Crippen molar-refractivity contribution in [2.75, 3.05) is 5.32 Å². The number of H-pyrrole nitrogens is 1. The zero-order valence-corrected chi connectivity index (χ0v) is 13.8. The largest absolute Gasteiger partial charge is 0.359 e. The first-order valence-electron chi connectivity index (χ1n) is 7.25. The Kier molecular flexibility index (Phi) is 4.24. The Morgan fingerprint density at radius 1 is 1.28 bits per heavy atom. The van der Waals surface area contributed by atoms with E-state index in [1.807, 2.05) is 0 Å². The van der Waals surface area contributed by atoms with E-state index in [0.29, 0.717) is 27.2 Å². The molecule has 1 amide bonds. The maximum Gasteiger partial charge on any atom is 0.269 e. The van der Waals surface area contributed by atoms with Crippen LogP contribution in [0.3, 0.4) is 0 Å². The lowest BCUT2D eigenvalue weighted by molar-refractivity contribution is -0.384. The summed E-state index contributed by atoms with van der Waals surface area (Å²) in [5.74, 6) is -0.611. The van der Waals surface area contributed by atoms with E-state index in [9.17, 15) is 19.7 Å². The van der Waals surface area contributed by atoms with Crippen molar-refractivity contribution in [2.24, 2.45) is 0 Å². The third-order valence-electron chi connectivity index (χ3n) is 3.78. The summed E-state index contributed by atoms with van der Waals surface area (Å²) in [6.45, 7) is 1.63. The number of aromatic amines is 1. The van der Waals surface area contributed by atoms with E-state index >= 15 is 0 Å². The number of benzene rings is 2. The van der Waals surface area contributed by atoms with E-state index in [2.05, 4.69) is 10.3 Å². The molecule has 7 nitrogen and oxygen atoms in total. The number of fused-ring (bicyclic) bond motifs is 1. The van der Waals surface area contributed by atoms with Crippen LogP contribution >= 0.6 is 11.6 Å². The molecule has 0 bridgehead atoms. The van der Waals surface area contributed by atoms with Gasteiger partial charge in [-0.1, -0.05) is 17.7 Å². The van der Waals surface area contributed by atoms with Crippen molar-refractivity contribution in [3.8, 4) is 0 Å². The molecule has 8 heteroatoms. The lowest BCUT2D eigenvalue weighted by atomic mass is 10.1. The lowest BCUT2D eigenvalue weighted by Crippen LogP contribution is -2.22. The maximum absolute atomic E-state index is 12.5. The summed E-state index contributed by atoms with van der Waals surface area (Å²) >= 11 is 6.03. The number of halogens is 1. The Morgan fingerprint density at radius 2 is 2.04 bits per heavy atom. The highest BCUT2D eigenvalue weighted by molar-refractivity contribution is 6.35. The zero-order valence-electron chi connectivity index (χ0n) is 13.0. The van der Waals surface area contributed by atoms with Crippen molar-refractivity contribution < 1.29 is 9.72 Å². The van der Waals surface area contributed by atoms with E-state index in [-0.39, 0.29) is 11.3 Å². The number of nitrogens with one attached hydrogen (secondary N) is 2. The molecule has 3 aromatic rings. The van der Waals surface area contributed by atoms with Crippen LogP contribution in [-0.4, -0.2) is 15.8 Å². The highest BCUT2D eigenvalue weighted by Gasteiger charge is 2.16. The number of non-ortho nitro benzene ring substituents is 1. The molecule has 0 atom stereocenters. The average molecular weight is 358 g/mol. The summed E-state index contributed by atoms with van der Waals surface area (Å²) in [4.78, 5) is 38.0. The van der Waals surface area contributed by atoms with Crippen LogP contribution in [0.4, 0.5) is 11.4 Å². The molecule has 2 aromatic carbocycles. The fourth-order valence-corrected chi connectivity index (χ4v) is 2.70. The summed E-state index contributed by atoms with van der Waals surface area (Å²) in [6.07, 6.45) is 1.30. The highest BCUT2D eigenvalue weighted by atomic mass is 35.5. The highest BCUT2D eigenvalue weighted by Crippen LogP contribution is 2.22. The van der Waals surface area contributed by atoms with Gasteiger partial charge < -0.3 is 10.3 Å². The summed E-state index contributed by atoms with van der Waals surface area (Å²) in [5.41, 5.74) is 0.760. The number of anilines is 1. The smallest absolute Gasteiger partial charge is 0.269 e. The molecule has 1 aromatic heterocycles. The van der Waals surface area contributed by atoms with Crippen LogP contribution in [0.2, 0.25) is 5.02 Å². The number of carbonyl (C=O) groups excluding carboxylic acids is 1. The number of amides is 1. The topological polar surface area (TPSA) is 105 Å². The van der Waals surface area contributed by atoms with Gasteiger partial charge in [-0.2, -0.15) is 0 Å². The Balaban J connectivity index is 1.97. The predicted octanol–water partition coefficient (Wildman–Crippen LogP) is 3.65. The van der Waals surface area contributed by atoms with Gasteiger partial charge in [0.15, 0.2) is 0 Å². The third-order valence-corrected chi connectivity index (χ3v) is 4.09. The summed E-state index contributed by atoms with van der Waals surface area (Å²) in [7, 11) is 0. The molecule has 0 fully saturated rings. The van der Waals surface area contributed by atoms with Crippen LogP contribution in [0.1, 0.15) is 15.9 Å². The summed E-state index contributed by atoms with van der Waals surface area (Å²) < 4.78 is 0. The van der Waals surface area contributed by atoms with Crippen molar-refractivity contribution >= 4 is 39.8 Å². The lowest BCUT2D eigenvalue weighted by Gasteiger charge is -2.09. The quantitative estimate of drug-likeness (QED) is 0.551. The van der Waals surface area contributed by atoms with Gasteiger partial charge in [0, 0.05) is 29.4 Å². The van der Waals surface area contributed by atoms with Crippen LogP contribution in [0.25, 0.3) is 10.9 Å². The van der Waals surface area contributed by atoms with E-state index in [1.54, 1.807) is 25.1 Å². The van der Waals surface area contributed by atoms with Crippen molar-refractivity contribution in [2.45, 2.75) is 6.92 Å². The van der Waals surface area contributed by atoms with Crippen molar-refractivity contribution in [3.05, 3.63) is 79.1 Å². The number of nitro groups is 1. The van der Waals surface area contributed by atoms with Crippen LogP contribution in [-0.2, 0) is 0 Å². The number of nitrogens with zero attached hydrogens (tertiary/aromatic N) is 1. The molecule has 0 saturated carbocycles. The Labute approximate surface area is 146 Å². The minimum absolute atomic E-state index is 0.0753. The number of pyridine rings is 1. The minimum atomic E-state index is -0.611. The number of rotatable bonds is 3. The van der Waals surface area contributed by atoms with Crippen molar-refractivity contribution in [3.63, 3.8) is 0 Å². The average Bonchev–Trinajstić information content (AvgIpc) is 2.57. The number of nitro benzene ring substituents is 1.